The molecule has 0 saturated heterocycles. The van der Waals surface area contributed by atoms with Crippen LogP contribution in [0.1, 0.15) is 24.0 Å². The third-order valence-corrected chi connectivity index (χ3v) is 6.29. The van der Waals surface area contributed by atoms with Gasteiger partial charge in [0, 0.05) is 18.2 Å². The van der Waals surface area contributed by atoms with Crippen molar-refractivity contribution in [1.82, 2.24) is 24.7 Å². The van der Waals surface area contributed by atoms with Gasteiger partial charge >= 0.3 is 12.4 Å². The number of alkyl halides is 6. The standard InChI is InChI=1S/C19H14ClF6N5S2/c1-32-16-27-13(20)7-14(28-16)33-17-29-15(30-31(17)8-9-2-3-9)10-4-11(18(21,22)23)6-12(5-10)19(24,25)26/h4-7,9H,2-3,8H2,1H3. The van der Waals surface area contributed by atoms with Crippen molar-refractivity contribution in [2.24, 2.45) is 5.92 Å². The maximum atomic E-state index is 13.3. The molecule has 1 fully saturated rings. The molecule has 1 aliphatic rings. The van der Waals surface area contributed by atoms with Gasteiger partial charge < -0.3 is 0 Å². The van der Waals surface area contributed by atoms with Crippen molar-refractivity contribution in [3.63, 3.8) is 0 Å². The van der Waals surface area contributed by atoms with E-state index in [0.717, 1.165) is 24.6 Å². The molecule has 0 atom stereocenters. The Morgan fingerprint density at radius 2 is 1.61 bits per heavy atom. The lowest BCUT2D eigenvalue weighted by atomic mass is 10.0. The first-order valence-corrected chi connectivity index (χ1v) is 11.9. The molecule has 0 amide bonds. The zero-order chi connectivity index (χ0) is 24.0. The summed E-state index contributed by atoms with van der Waals surface area (Å²) >= 11 is 8.34. The monoisotopic (exact) mass is 525 g/mol. The molecule has 1 saturated carbocycles. The molecule has 4 rings (SSSR count). The predicted octanol–water partition coefficient (Wildman–Crippen LogP) is 6.71. The molecule has 176 valence electrons. The van der Waals surface area contributed by atoms with Crippen molar-refractivity contribution < 1.29 is 26.3 Å². The van der Waals surface area contributed by atoms with E-state index in [0.29, 0.717) is 34.8 Å². The first-order valence-electron chi connectivity index (χ1n) is 9.43. The molecule has 1 aliphatic carbocycles. The Bertz CT molecular complexity index is 1140. The lowest BCUT2D eigenvalue weighted by Crippen LogP contribution is -2.11. The molecule has 0 bridgehead atoms. The molecule has 0 unspecified atom stereocenters. The third kappa shape index (κ3) is 5.93. The first kappa shape index (κ1) is 24.1. The molecular formula is C19H14ClF6N5S2. The topological polar surface area (TPSA) is 56.5 Å². The van der Waals surface area contributed by atoms with E-state index in [-0.39, 0.29) is 27.8 Å². The van der Waals surface area contributed by atoms with Crippen LogP contribution in [-0.2, 0) is 18.9 Å². The molecule has 5 nitrogen and oxygen atoms in total. The lowest BCUT2D eigenvalue weighted by molar-refractivity contribution is -0.143. The molecule has 14 heteroatoms. The van der Waals surface area contributed by atoms with Gasteiger partial charge in [-0.2, -0.15) is 26.3 Å². The summed E-state index contributed by atoms with van der Waals surface area (Å²) < 4.78 is 81.1. The largest absolute Gasteiger partial charge is 0.416 e. The van der Waals surface area contributed by atoms with Crippen molar-refractivity contribution in [3.8, 4) is 11.4 Å². The Kier molecular flexibility index (Phi) is 6.58. The number of rotatable bonds is 6. The van der Waals surface area contributed by atoms with E-state index >= 15 is 0 Å². The van der Waals surface area contributed by atoms with Crippen molar-refractivity contribution in [2.45, 2.75) is 47.1 Å². The van der Waals surface area contributed by atoms with E-state index in [1.807, 2.05) is 0 Å². The van der Waals surface area contributed by atoms with Gasteiger partial charge in [0.2, 0.25) is 0 Å². The maximum Gasteiger partial charge on any atom is 0.416 e. The summed E-state index contributed by atoms with van der Waals surface area (Å²) in [7, 11) is 0. The summed E-state index contributed by atoms with van der Waals surface area (Å²) in [4.78, 5) is 12.6. The molecule has 0 radical (unpaired) electrons. The van der Waals surface area contributed by atoms with Crippen LogP contribution in [0.5, 0.6) is 0 Å². The summed E-state index contributed by atoms with van der Waals surface area (Å²) in [6.07, 6.45) is -6.25. The summed E-state index contributed by atoms with van der Waals surface area (Å²) in [6, 6.07) is 2.81. The third-order valence-electron chi connectivity index (χ3n) is 4.64. The van der Waals surface area contributed by atoms with Gasteiger partial charge in [0.25, 0.3) is 0 Å². The zero-order valence-corrected chi connectivity index (χ0v) is 19.1. The molecule has 0 N–H and O–H groups in total. The molecule has 0 spiro atoms. The van der Waals surface area contributed by atoms with Gasteiger partial charge in [0.1, 0.15) is 10.2 Å². The van der Waals surface area contributed by atoms with Gasteiger partial charge in [-0.05, 0) is 55.0 Å². The Balaban J connectivity index is 1.77. The van der Waals surface area contributed by atoms with Crippen LogP contribution in [-0.4, -0.2) is 31.0 Å². The summed E-state index contributed by atoms with van der Waals surface area (Å²) in [6.45, 7) is 0.439. The molecule has 2 aromatic heterocycles. The van der Waals surface area contributed by atoms with Gasteiger partial charge in [-0.15, -0.1) is 5.10 Å². The number of aromatic nitrogens is 5. The number of nitrogens with zero attached hydrogens (tertiary/aromatic N) is 5. The second-order valence-electron chi connectivity index (χ2n) is 7.26. The van der Waals surface area contributed by atoms with Crippen molar-refractivity contribution in [3.05, 3.63) is 40.5 Å². The lowest BCUT2D eigenvalue weighted by Gasteiger charge is -2.13. The fourth-order valence-electron chi connectivity index (χ4n) is 2.89. The van der Waals surface area contributed by atoms with Crippen LogP contribution in [0.3, 0.4) is 0 Å². The summed E-state index contributed by atoms with van der Waals surface area (Å²) in [5.74, 6) is 0.0851. The minimum atomic E-state index is -4.96. The number of hydrogen-bond donors (Lipinski definition) is 0. The van der Waals surface area contributed by atoms with Crippen LogP contribution in [0, 0.1) is 5.92 Å². The number of thioether (sulfide) groups is 1. The molecule has 0 aliphatic heterocycles. The fraction of sp³-hybridized carbons (Fsp3) is 0.368. The van der Waals surface area contributed by atoms with E-state index in [2.05, 4.69) is 20.1 Å². The average molecular weight is 526 g/mol. The predicted molar refractivity (Wildman–Crippen MR) is 111 cm³/mol. The van der Waals surface area contributed by atoms with E-state index < -0.39 is 23.5 Å². The Morgan fingerprint density at radius 1 is 0.970 bits per heavy atom. The number of hydrogen-bond acceptors (Lipinski definition) is 6. The quantitative estimate of drug-likeness (QED) is 0.154. The normalized spacial score (nSPS) is 14.7. The van der Waals surface area contributed by atoms with E-state index in [9.17, 15) is 26.3 Å². The fourth-order valence-corrected chi connectivity index (χ4v) is 4.47. The minimum Gasteiger partial charge on any atom is -0.240 e. The minimum absolute atomic E-state index is 0.0766. The van der Waals surface area contributed by atoms with Gasteiger partial charge in [-0.25, -0.2) is 19.6 Å². The first-order chi connectivity index (χ1) is 15.4. The Labute approximate surface area is 197 Å². The highest BCUT2D eigenvalue weighted by atomic mass is 35.5. The highest BCUT2D eigenvalue weighted by molar-refractivity contribution is 7.99. The molecule has 33 heavy (non-hydrogen) atoms. The van der Waals surface area contributed by atoms with E-state index in [1.165, 1.54) is 22.5 Å². The number of halogens is 7. The summed E-state index contributed by atoms with van der Waals surface area (Å²) in [5.41, 5.74) is -3.22. The van der Waals surface area contributed by atoms with Gasteiger partial charge in [-0.3, -0.25) is 0 Å². The van der Waals surface area contributed by atoms with Gasteiger partial charge in [0.15, 0.2) is 16.1 Å². The number of benzene rings is 1. The maximum absolute atomic E-state index is 13.3. The van der Waals surface area contributed by atoms with Crippen molar-refractivity contribution >= 4 is 35.1 Å². The van der Waals surface area contributed by atoms with Gasteiger partial charge in [-0.1, -0.05) is 23.4 Å². The van der Waals surface area contributed by atoms with Crippen molar-refractivity contribution in [1.29, 1.82) is 0 Å². The smallest absolute Gasteiger partial charge is 0.240 e. The highest BCUT2D eigenvalue weighted by Gasteiger charge is 2.37. The van der Waals surface area contributed by atoms with Crippen LogP contribution in [0.2, 0.25) is 5.15 Å². The highest BCUT2D eigenvalue weighted by Crippen LogP contribution is 2.39. The SMILES string of the molecule is CSc1nc(Cl)cc(Sc2nc(-c3cc(C(F)(F)F)cc(C(F)(F)F)c3)nn2CC2CC2)n1. The molecule has 3 aromatic rings. The molecule has 1 aromatic carbocycles. The van der Waals surface area contributed by atoms with E-state index in [1.54, 1.807) is 6.26 Å². The van der Waals surface area contributed by atoms with E-state index in [4.69, 9.17) is 11.6 Å². The van der Waals surface area contributed by atoms with Crippen LogP contribution in [0.15, 0.2) is 39.6 Å². The zero-order valence-electron chi connectivity index (χ0n) is 16.7. The van der Waals surface area contributed by atoms with Crippen LogP contribution < -0.4 is 0 Å². The average Bonchev–Trinajstić information content (AvgIpc) is 3.45. The van der Waals surface area contributed by atoms with Crippen LogP contribution >= 0.6 is 35.1 Å². The Morgan fingerprint density at radius 3 is 2.15 bits per heavy atom. The summed E-state index contributed by atoms with van der Waals surface area (Å²) in [5, 5.41) is 5.55. The van der Waals surface area contributed by atoms with Gasteiger partial charge in [0.05, 0.1) is 11.1 Å². The van der Waals surface area contributed by atoms with Crippen molar-refractivity contribution in [2.75, 3.05) is 6.26 Å². The molecular weight excluding hydrogens is 512 g/mol. The Hall–Kier alpha value is -1.99. The van der Waals surface area contributed by atoms with Crippen LogP contribution in [0.25, 0.3) is 11.4 Å². The van der Waals surface area contributed by atoms with Crippen LogP contribution in [0.4, 0.5) is 26.3 Å². The molecule has 2 heterocycles. The second kappa shape index (κ2) is 8.99. The second-order valence-corrected chi connectivity index (χ2v) is 9.40.